The van der Waals surface area contributed by atoms with Crippen molar-refractivity contribution < 1.29 is 18.7 Å². The summed E-state index contributed by atoms with van der Waals surface area (Å²) in [6, 6.07) is 9.87. The molecule has 0 saturated heterocycles. The molecule has 0 radical (unpaired) electrons. The van der Waals surface area contributed by atoms with Gasteiger partial charge < -0.3 is 4.74 Å². The fraction of sp³-hybridized carbons (Fsp3) is 0.130. The molecule has 6 nitrogen and oxygen atoms in total. The van der Waals surface area contributed by atoms with Gasteiger partial charge in [-0.2, -0.15) is 0 Å². The van der Waals surface area contributed by atoms with Crippen LogP contribution < -0.4 is 0 Å². The summed E-state index contributed by atoms with van der Waals surface area (Å²) >= 11 is 0. The smallest absolute Gasteiger partial charge is 0.337 e. The van der Waals surface area contributed by atoms with Gasteiger partial charge in [-0.05, 0) is 36.2 Å². The number of esters is 1. The Morgan fingerprint density at radius 1 is 1.17 bits per heavy atom. The standard InChI is InChI=1S/C23H18FN3O3/c1-3-14-4-7-20(24)19(8-14)16-10-25-23(26-11-16)27-12-17(13-28)18-6-5-15(9-21(18)27)22(29)30-2/h4-13H,3H2,1-2H3. The van der Waals surface area contributed by atoms with Gasteiger partial charge in [0, 0.05) is 40.7 Å². The average Bonchev–Trinajstić information content (AvgIpc) is 3.17. The van der Waals surface area contributed by atoms with Gasteiger partial charge in [0.05, 0.1) is 18.2 Å². The summed E-state index contributed by atoms with van der Waals surface area (Å²) in [5, 5.41) is 0.659. The highest BCUT2D eigenvalue weighted by Gasteiger charge is 2.15. The lowest BCUT2D eigenvalue weighted by Gasteiger charge is -2.08. The molecule has 0 bridgehead atoms. The Hall–Kier alpha value is -3.87. The van der Waals surface area contributed by atoms with Crippen molar-refractivity contribution in [3.05, 3.63) is 77.5 Å². The highest BCUT2D eigenvalue weighted by atomic mass is 19.1. The summed E-state index contributed by atoms with van der Waals surface area (Å²) < 4.78 is 20.7. The molecule has 0 saturated carbocycles. The monoisotopic (exact) mass is 403 g/mol. The Morgan fingerprint density at radius 2 is 1.93 bits per heavy atom. The van der Waals surface area contributed by atoms with Crippen molar-refractivity contribution in [3.63, 3.8) is 0 Å². The lowest BCUT2D eigenvalue weighted by molar-refractivity contribution is 0.0601. The van der Waals surface area contributed by atoms with Gasteiger partial charge in [-0.3, -0.25) is 9.36 Å². The van der Waals surface area contributed by atoms with Crippen LogP contribution in [0.15, 0.2) is 55.0 Å². The summed E-state index contributed by atoms with van der Waals surface area (Å²) in [6.45, 7) is 2.00. The Balaban J connectivity index is 1.81. The number of methoxy groups -OCH3 is 1. The Bertz CT molecular complexity index is 1260. The van der Waals surface area contributed by atoms with Gasteiger partial charge >= 0.3 is 5.97 Å². The molecule has 150 valence electrons. The largest absolute Gasteiger partial charge is 0.465 e. The van der Waals surface area contributed by atoms with Gasteiger partial charge in [0.2, 0.25) is 5.95 Å². The predicted molar refractivity (Wildman–Crippen MR) is 110 cm³/mol. The van der Waals surface area contributed by atoms with E-state index < -0.39 is 5.97 Å². The molecule has 0 unspecified atom stereocenters. The topological polar surface area (TPSA) is 74.1 Å². The minimum atomic E-state index is -0.486. The third kappa shape index (κ3) is 3.34. The lowest BCUT2D eigenvalue weighted by atomic mass is 10.0. The molecule has 2 aromatic heterocycles. The number of hydrogen-bond acceptors (Lipinski definition) is 5. The minimum Gasteiger partial charge on any atom is -0.465 e. The number of halogens is 1. The fourth-order valence-corrected chi connectivity index (χ4v) is 3.36. The molecule has 0 aliphatic heterocycles. The Morgan fingerprint density at radius 3 is 2.60 bits per heavy atom. The SMILES string of the molecule is CCc1ccc(F)c(-c2cnc(-n3cc(C=O)c4ccc(C(=O)OC)cc43)nc2)c1. The maximum atomic E-state index is 14.3. The number of ether oxygens (including phenoxy) is 1. The molecule has 0 aliphatic rings. The van der Waals surface area contributed by atoms with Crippen LogP contribution in [-0.4, -0.2) is 33.9 Å². The van der Waals surface area contributed by atoms with Crippen molar-refractivity contribution in [1.82, 2.24) is 14.5 Å². The van der Waals surface area contributed by atoms with Crippen molar-refractivity contribution >= 4 is 23.2 Å². The molecule has 7 heteroatoms. The number of aryl methyl sites for hydroxylation is 1. The maximum Gasteiger partial charge on any atom is 0.337 e. The molecule has 0 atom stereocenters. The Labute approximate surface area is 172 Å². The summed E-state index contributed by atoms with van der Waals surface area (Å²) in [4.78, 5) is 32.1. The van der Waals surface area contributed by atoms with Crippen LogP contribution in [0.2, 0.25) is 0 Å². The molecule has 0 N–H and O–H groups in total. The van der Waals surface area contributed by atoms with E-state index in [0.29, 0.717) is 39.1 Å². The van der Waals surface area contributed by atoms with Crippen LogP contribution in [0.4, 0.5) is 4.39 Å². The molecule has 2 aromatic carbocycles. The lowest BCUT2D eigenvalue weighted by Crippen LogP contribution is -2.03. The number of fused-ring (bicyclic) bond motifs is 1. The van der Waals surface area contributed by atoms with Gasteiger partial charge in [-0.25, -0.2) is 19.2 Å². The van der Waals surface area contributed by atoms with E-state index >= 15 is 0 Å². The number of hydrogen-bond donors (Lipinski definition) is 0. The molecule has 2 heterocycles. The molecule has 4 aromatic rings. The number of carbonyl (C=O) groups is 2. The molecule has 4 rings (SSSR count). The summed E-state index contributed by atoms with van der Waals surface area (Å²) in [5.74, 6) is -0.535. The van der Waals surface area contributed by atoms with Crippen LogP contribution in [-0.2, 0) is 11.2 Å². The van der Waals surface area contributed by atoms with E-state index in [9.17, 15) is 14.0 Å². The molecular weight excluding hydrogens is 385 g/mol. The fourth-order valence-electron chi connectivity index (χ4n) is 3.36. The number of aldehydes is 1. The summed E-state index contributed by atoms with van der Waals surface area (Å²) in [5.41, 5.74) is 3.37. The first-order valence-electron chi connectivity index (χ1n) is 9.35. The van der Waals surface area contributed by atoms with Crippen molar-refractivity contribution in [2.24, 2.45) is 0 Å². The second-order valence-corrected chi connectivity index (χ2v) is 6.74. The van der Waals surface area contributed by atoms with E-state index in [2.05, 4.69) is 9.97 Å². The summed E-state index contributed by atoms with van der Waals surface area (Å²) in [7, 11) is 1.30. The third-order valence-corrected chi connectivity index (χ3v) is 4.99. The van der Waals surface area contributed by atoms with Gasteiger partial charge in [-0.15, -0.1) is 0 Å². The highest BCUT2D eigenvalue weighted by Crippen LogP contribution is 2.26. The first-order valence-corrected chi connectivity index (χ1v) is 9.35. The third-order valence-electron chi connectivity index (χ3n) is 4.99. The van der Waals surface area contributed by atoms with Crippen molar-refractivity contribution in [2.75, 3.05) is 7.11 Å². The van der Waals surface area contributed by atoms with Gasteiger partial charge in [0.25, 0.3) is 0 Å². The second-order valence-electron chi connectivity index (χ2n) is 6.74. The maximum absolute atomic E-state index is 14.3. The van der Waals surface area contributed by atoms with E-state index in [0.717, 1.165) is 18.3 Å². The number of carbonyl (C=O) groups excluding carboxylic acids is 2. The predicted octanol–water partition coefficient (Wildman–Crippen LogP) is 4.39. The van der Waals surface area contributed by atoms with Crippen molar-refractivity contribution in [3.8, 4) is 17.1 Å². The van der Waals surface area contributed by atoms with Crippen LogP contribution in [0.3, 0.4) is 0 Å². The van der Waals surface area contributed by atoms with E-state index in [-0.39, 0.29) is 5.82 Å². The van der Waals surface area contributed by atoms with E-state index in [1.165, 1.54) is 25.6 Å². The second kappa shape index (κ2) is 7.87. The van der Waals surface area contributed by atoms with Gasteiger partial charge in [0.1, 0.15) is 5.82 Å². The molecule has 0 aliphatic carbocycles. The molecule has 0 fully saturated rings. The van der Waals surface area contributed by atoms with Crippen molar-refractivity contribution in [1.29, 1.82) is 0 Å². The zero-order valence-electron chi connectivity index (χ0n) is 16.4. The number of benzene rings is 2. The first kappa shape index (κ1) is 19.4. The highest BCUT2D eigenvalue weighted by molar-refractivity contribution is 6.01. The summed E-state index contributed by atoms with van der Waals surface area (Å²) in [6.07, 6.45) is 6.20. The van der Waals surface area contributed by atoms with Gasteiger partial charge in [0.15, 0.2) is 6.29 Å². The van der Waals surface area contributed by atoms with Crippen LogP contribution >= 0.6 is 0 Å². The number of nitrogens with zero attached hydrogens (tertiary/aromatic N) is 3. The van der Waals surface area contributed by atoms with Crippen LogP contribution in [0.1, 0.15) is 33.2 Å². The molecule has 30 heavy (non-hydrogen) atoms. The minimum absolute atomic E-state index is 0.297. The molecule has 0 spiro atoms. The first-order chi connectivity index (χ1) is 14.5. The Kier molecular flexibility index (Phi) is 5.10. The number of rotatable bonds is 5. The van der Waals surface area contributed by atoms with E-state index in [4.69, 9.17) is 4.74 Å². The van der Waals surface area contributed by atoms with Crippen LogP contribution in [0.25, 0.3) is 28.0 Å². The van der Waals surface area contributed by atoms with Crippen molar-refractivity contribution in [2.45, 2.75) is 13.3 Å². The number of aromatic nitrogens is 3. The quantitative estimate of drug-likeness (QED) is 0.365. The van der Waals surface area contributed by atoms with E-state index in [1.807, 2.05) is 6.92 Å². The average molecular weight is 403 g/mol. The zero-order valence-corrected chi connectivity index (χ0v) is 16.4. The zero-order chi connectivity index (χ0) is 21.3. The molecular formula is C23H18FN3O3. The normalized spacial score (nSPS) is 10.9. The van der Waals surface area contributed by atoms with E-state index in [1.54, 1.807) is 41.1 Å². The van der Waals surface area contributed by atoms with Crippen LogP contribution in [0.5, 0.6) is 0 Å². The molecule has 0 amide bonds. The van der Waals surface area contributed by atoms with Gasteiger partial charge in [-0.1, -0.05) is 19.1 Å². The van der Waals surface area contributed by atoms with Crippen LogP contribution in [0, 0.1) is 5.82 Å².